The van der Waals surface area contributed by atoms with Crippen LogP contribution in [0.4, 0.5) is 8.78 Å². The van der Waals surface area contributed by atoms with E-state index in [0.717, 1.165) is 5.52 Å². The lowest BCUT2D eigenvalue weighted by atomic mass is 10.1. The molecule has 0 amide bonds. The van der Waals surface area contributed by atoms with Gasteiger partial charge in [0.05, 0.1) is 48.7 Å². The van der Waals surface area contributed by atoms with E-state index < -0.39 is 17.6 Å². The smallest absolute Gasteiger partial charge is 0.337 e. The fraction of sp³-hybridized carbons (Fsp3) is 0.219. The lowest BCUT2D eigenvalue weighted by Gasteiger charge is -2.12. The summed E-state index contributed by atoms with van der Waals surface area (Å²) in [5.41, 5.74) is 3.45. The molecule has 3 aromatic carbocycles. The summed E-state index contributed by atoms with van der Waals surface area (Å²) in [5.74, 6) is -0.323. The summed E-state index contributed by atoms with van der Waals surface area (Å²) in [4.78, 5) is 21.3. The molecule has 0 N–H and O–H groups in total. The molecule has 0 saturated heterocycles. The summed E-state index contributed by atoms with van der Waals surface area (Å²) in [6.07, 6.45) is 0.211. The summed E-state index contributed by atoms with van der Waals surface area (Å²) >= 11 is 5.91. The van der Waals surface area contributed by atoms with Crippen LogP contribution in [0.25, 0.3) is 22.3 Å². The van der Waals surface area contributed by atoms with Crippen LogP contribution in [0.15, 0.2) is 66.7 Å². The number of ether oxygens (including phenoxy) is 4. The maximum Gasteiger partial charge on any atom is 0.337 e. The molecule has 0 atom stereocenters. The molecule has 0 bridgehead atoms. The molecule has 2 aromatic heterocycles. The zero-order valence-corrected chi connectivity index (χ0v) is 24.5. The number of carbonyl (C=O) groups excluding carboxylic acids is 1. The monoisotopic (exact) mass is 607 g/mol. The van der Waals surface area contributed by atoms with Crippen LogP contribution >= 0.6 is 11.6 Å². The van der Waals surface area contributed by atoms with Gasteiger partial charge in [0.15, 0.2) is 0 Å². The number of fused-ring (bicyclic) bond motifs is 1. The Morgan fingerprint density at radius 1 is 0.953 bits per heavy atom. The van der Waals surface area contributed by atoms with Crippen LogP contribution in [0.1, 0.15) is 27.3 Å². The van der Waals surface area contributed by atoms with Gasteiger partial charge in [-0.3, -0.25) is 0 Å². The van der Waals surface area contributed by atoms with E-state index in [-0.39, 0.29) is 35.2 Å². The second-order valence-corrected chi connectivity index (χ2v) is 10.0. The first-order valence-electron chi connectivity index (χ1n) is 13.3. The molecule has 0 spiro atoms. The van der Waals surface area contributed by atoms with Gasteiger partial charge in [-0.2, -0.15) is 0 Å². The Balaban J connectivity index is 1.38. The Kier molecular flexibility index (Phi) is 9.18. The Bertz CT molecular complexity index is 1790. The SMILES string of the molecule is COCCn1c(Cc2ccc(-c3cccc(OCc4c(F)cc(Cl)cc4OC)n3)cc2F)nc2ccc(C(=O)OC)cc21. The zero-order chi connectivity index (χ0) is 30.5. The Hall–Kier alpha value is -4.54. The quantitative estimate of drug-likeness (QED) is 0.156. The standard InChI is InChI=1S/C32H28ClF2N3O5/c1-40-12-11-38-28-14-21(32(39)42-3)9-10-27(28)36-30(38)15-19-7-8-20(13-24(19)34)26-5-4-6-31(37-26)43-18-23-25(35)16-22(33)17-29(23)41-2/h4-10,13-14,16-17H,11-12,15,18H2,1-3H3. The molecule has 8 nitrogen and oxygen atoms in total. The number of hydrogen-bond acceptors (Lipinski definition) is 7. The van der Waals surface area contributed by atoms with Crippen molar-refractivity contribution in [1.82, 2.24) is 14.5 Å². The number of nitrogens with zero attached hydrogens (tertiary/aromatic N) is 3. The van der Waals surface area contributed by atoms with Crippen LogP contribution < -0.4 is 9.47 Å². The van der Waals surface area contributed by atoms with Gasteiger partial charge < -0.3 is 23.5 Å². The van der Waals surface area contributed by atoms with Crippen molar-refractivity contribution in [1.29, 1.82) is 0 Å². The molecule has 0 aliphatic heterocycles. The van der Waals surface area contributed by atoms with Crippen molar-refractivity contribution in [2.24, 2.45) is 0 Å². The van der Waals surface area contributed by atoms with Gasteiger partial charge in [-0.15, -0.1) is 0 Å². The predicted octanol–water partition coefficient (Wildman–Crippen LogP) is 6.64. The molecule has 2 heterocycles. The van der Waals surface area contributed by atoms with E-state index in [1.165, 1.54) is 32.4 Å². The third-order valence-corrected chi connectivity index (χ3v) is 7.11. The second-order valence-electron chi connectivity index (χ2n) is 9.57. The number of hydrogen-bond donors (Lipinski definition) is 0. The highest BCUT2D eigenvalue weighted by Crippen LogP contribution is 2.29. The molecule has 43 heavy (non-hydrogen) atoms. The second kappa shape index (κ2) is 13.2. The fourth-order valence-electron chi connectivity index (χ4n) is 4.71. The zero-order valence-electron chi connectivity index (χ0n) is 23.7. The maximum absolute atomic E-state index is 15.5. The van der Waals surface area contributed by atoms with Crippen molar-refractivity contribution in [3.05, 3.63) is 106 Å². The van der Waals surface area contributed by atoms with E-state index in [9.17, 15) is 9.18 Å². The van der Waals surface area contributed by atoms with Gasteiger partial charge in [0, 0.05) is 36.7 Å². The van der Waals surface area contributed by atoms with Crippen molar-refractivity contribution >= 4 is 28.6 Å². The van der Waals surface area contributed by atoms with Crippen LogP contribution in [0.5, 0.6) is 11.6 Å². The third kappa shape index (κ3) is 6.60. The number of halogens is 3. The molecular formula is C32H28ClF2N3O5. The number of rotatable bonds is 11. The average molecular weight is 608 g/mol. The molecule has 0 fully saturated rings. The maximum atomic E-state index is 15.5. The molecule has 5 rings (SSSR count). The highest BCUT2D eigenvalue weighted by atomic mass is 35.5. The van der Waals surface area contributed by atoms with Crippen LogP contribution in [0.2, 0.25) is 5.02 Å². The van der Waals surface area contributed by atoms with E-state index in [2.05, 4.69) is 4.98 Å². The molecule has 0 aliphatic carbocycles. The minimum atomic E-state index is -0.558. The Morgan fingerprint density at radius 3 is 2.53 bits per heavy atom. The number of imidazole rings is 1. The van der Waals surface area contributed by atoms with E-state index in [0.29, 0.717) is 46.9 Å². The molecule has 222 valence electrons. The minimum absolute atomic E-state index is 0.138. The van der Waals surface area contributed by atoms with Gasteiger partial charge in [0.1, 0.15) is 29.8 Å². The van der Waals surface area contributed by atoms with Gasteiger partial charge in [0.2, 0.25) is 5.88 Å². The van der Waals surface area contributed by atoms with Crippen LogP contribution in [-0.4, -0.2) is 48.4 Å². The number of carbonyl (C=O) groups is 1. The normalized spacial score (nSPS) is 11.1. The summed E-state index contributed by atoms with van der Waals surface area (Å²) in [6, 6.07) is 17.7. The minimum Gasteiger partial charge on any atom is -0.496 e. The number of esters is 1. The first-order valence-corrected chi connectivity index (χ1v) is 13.7. The molecule has 0 aliphatic rings. The lowest BCUT2D eigenvalue weighted by molar-refractivity contribution is 0.0601. The molecule has 5 aromatic rings. The number of pyridine rings is 1. The summed E-state index contributed by atoms with van der Waals surface area (Å²) in [5, 5.41) is 0.212. The van der Waals surface area contributed by atoms with Crippen molar-refractivity contribution in [3.63, 3.8) is 0 Å². The number of aromatic nitrogens is 3. The fourth-order valence-corrected chi connectivity index (χ4v) is 4.90. The van der Waals surface area contributed by atoms with Gasteiger partial charge in [-0.25, -0.2) is 23.5 Å². The van der Waals surface area contributed by atoms with Crippen molar-refractivity contribution in [2.75, 3.05) is 27.9 Å². The largest absolute Gasteiger partial charge is 0.496 e. The first-order chi connectivity index (χ1) is 20.8. The van der Waals surface area contributed by atoms with Gasteiger partial charge >= 0.3 is 5.97 Å². The highest BCUT2D eigenvalue weighted by Gasteiger charge is 2.17. The van der Waals surface area contributed by atoms with Crippen LogP contribution in [0.3, 0.4) is 0 Å². The van der Waals surface area contributed by atoms with Crippen LogP contribution in [0, 0.1) is 11.6 Å². The van der Waals surface area contributed by atoms with Crippen molar-refractivity contribution < 1.29 is 32.5 Å². The summed E-state index contributed by atoms with van der Waals surface area (Å²) in [6.45, 7) is 0.736. The van der Waals surface area contributed by atoms with E-state index in [1.807, 2.05) is 4.57 Å². The topological polar surface area (TPSA) is 84.7 Å². The summed E-state index contributed by atoms with van der Waals surface area (Å²) < 4.78 is 52.9. The van der Waals surface area contributed by atoms with Gasteiger partial charge in [0.25, 0.3) is 0 Å². The molecule has 11 heteroatoms. The van der Waals surface area contributed by atoms with Crippen molar-refractivity contribution in [2.45, 2.75) is 19.6 Å². The molecule has 0 saturated carbocycles. The lowest BCUT2D eigenvalue weighted by Crippen LogP contribution is -2.10. The van der Waals surface area contributed by atoms with Crippen molar-refractivity contribution in [3.8, 4) is 22.9 Å². The average Bonchev–Trinajstić information content (AvgIpc) is 3.35. The summed E-state index contributed by atoms with van der Waals surface area (Å²) in [7, 11) is 4.34. The predicted molar refractivity (Wildman–Crippen MR) is 158 cm³/mol. The van der Waals surface area contributed by atoms with Gasteiger partial charge in [-0.05, 0) is 48.0 Å². The highest BCUT2D eigenvalue weighted by molar-refractivity contribution is 6.30. The molecule has 0 radical (unpaired) electrons. The Labute approximate surface area is 251 Å². The number of benzene rings is 3. The first kappa shape index (κ1) is 29.9. The van der Waals surface area contributed by atoms with Gasteiger partial charge in [-0.1, -0.05) is 29.8 Å². The van der Waals surface area contributed by atoms with E-state index in [1.54, 1.807) is 55.6 Å². The third-order valence-electron chi connectivity index (χ3n) is 6.89. The Morgan fingerprint density at radius 2 is 1.79 bits per heavy atom. The van der Waals surface area contributed by atoms with Crippen LogP contribution in [-0.2, 0) is 29.0 Å². The number of methoxy groups -OCH3 is 3. The molecule has 0 unspecified atom stereocenters. The molecular weight excluding hydrogens is 580 g/mol. The van der Waals surface area contributed by atoms with E-state index >= 15 is 4.39 Å². The van der Waals surface area contributed by atoms with E-state index in [4.69, 9.17) is 35.5 Å².